The summed E-state index contributed by atoms with van der Waals surface area (Å²) in [6, 6.07) is 4.91. The summed E-state index contributed by atoms with van der Waals surface area (Å²) in [5.41, 5.74) is 1.17. The molecular formula is C13H9ClN2O3S. The van der Waals surface area contributed by atoms with Crippen LogP contribution in [0.2, 0.25) is 5.02 Å². The van der Waals surface area contributed by atoms with Gasteiger partial charge in [0.2, 0.25) is 0 Å². The molecule has 0 saturated heterocycles. The van der Waals surface area contributed by atoms with Gasteiger partial charge in [0.05, 0.1) is 5.56 Å². The molecule has 0 aliphatic carbocycles. The average molecular weight is 309 g/mol. The number of hydrogen-bond donors (Lipinski definition) is 1. The largest absolute Gasteiger partial charge is 0.448 e. The van der Waals surface area contributed by atoms with Crippen molar-refractivity contribution in [3.63, 3.8) is 0 Å². The van der Waals surface area contributed by atoms with E-state index in [1.54, 1.807) is 29.8 Å². The molecule has 102 valence electrons. The highest BCUT2D eigenvalue weighted by Crippen LogP contribution is 2.25. The number of aromatic nitrogens is 1. The van der Waals surface area contributed by atoms with E-state index in [4.69, 9.17) is 16.3 Å². The normalized spacial score (nSPS) is 17.2. The predicted molar refractivity (Wildman–Crippen MR) is 75.1 cm³/mol. The fraction of sp³-hybridized carbons (Fsp3) is 0.154. The standard InChI is InChI=1S/C13H9ClN2O3S/c14-8-1-2-9-7(5-8)6-10(19-12(9)18)11(17)16-13-15-3-4-20-13/h1-5,10H,6H2,(H,15,16,17). The number of fused-ring (bicyclic) bond motifs is 1. The molecule has 2 heterocycles. The van der Waals surface area contributed by atoms with Gasteiger partial charge in [-0.15, -0.1) is 11.3 Å². The van der Waals surface area contributed by atoms with Crippen molar-refractivity contribution in [3.8, 4) is 0 Å². The zero-order valence-corrected chi connectivity index (χ0v) is 11.7. The van der Waals surface area contributed by atoms with Crippen molar-refractivity contribution >= 4 is 39.9 Å². The molecule has 0 bridgehead atoms. The first kappa shape index (κ1) is 13.1. The van der Waals surface area contributed by atoms with Gasteiger partial charge in [0, 0.05) is 23.0 Å². The molecule has 3 rings (SSSR count). The van der Waals surface area contributed by atoms with Crippen LogP contribution < -0.4 is 5.32 Å². The fourth-order valence-corrected chi connectivity index (χ4v) is 2.71. The number of nitrogens with zero attached hydrogens (tertiary/aromatic N) is 1. The Hall–Kier alpha value is -1.92. The summed E-state index contributed by atoms with van der Waals surface area (Å²) in [5, 5.41) is 5.36. The molecule has 1 N–H and O–H groups in total. The topological polar surface area (TPSA) is 68.3 Å². The summed E-state index contributed by atoms with van der Waals surface area (Å²) in [6.45, 7) is 0. The quantitative estimate of drug-likeness (QED) is 0.866. The second-order valence-corrected chi connectivity index (χ2v) is 5.56. The molecule has 0 saturated carbocycles. The van der Waals surface area contributed by atoms with E-state index in [-0.39, 0.29) is 5.91 Å². The van der Waals surface area contributed by atoms with Crippen LogP contribution in [0.5, 0.6) is 0 Å². The van der Waals surface area contributed by atoms with E-state index in [0.717, 1.165) is 0 Å². The lowest BCUT2D eigenvalue weighted by atomic mass is 9.98. The Morgan fingerprint density at radius 3 is 3.10 bits per heavy atom. The third-order valence-corrected chi connectivity index (χ3v) is 3.82. The van der Waals surface area contributed by atoms with E-state index in [2.05, 4.69) is 10.3 Å². The first-order chi connectivity index (χ1) is 9.63. The molecule has 2 aromatic rings. The molecular weight excluding hydrogens is 300 g/mol. The smallest absolute Gasteiger partial charge is 0.339 e. The van der Waals surface area contributed by atoms with Gasteiger partial charge < -0.3 is 4.74 Å². The third-order valence-electron chi connectivity index (χ3n) is 2.90. The molecule has 0 fully saturated rings. The van der Waals surface area contributed by atoms with Gasteiger partial charge >= 0.3 is 5.97 Å². The second kappa shape index (κ2) is 5.22. The molecule has 1 unspecified atom stereocenters. The van der Waals surface area contributed by atoms with Gasteiger partial charge in [0.25, 0.3) is 5.91 Å². The van der Waals surface area contributed by atoms with Crippen molar-refractivity contribution < 1.29 is 14.3 Å². The van der Waals surface area contributed by atoms with Gasteiger partial charge in [-0.25, -0.2) is 9.78 Å². The van der Waals surface area contributed by atoms with Crippen LogP contribution in [0.3, 0.4) is 0 Å². The third kappa shape index (κ3) is 2.52. The summed E-state index contributed by atoms with van der Waals surface area (Å²) in [4.78, 5) is 27.9. The summed E-state index contributed by atoms with van der Waals surface area (Å²) < 4.78 is 5.15. The van der Waals surface area contributed by atoms with E-state index < -0.39 is 12.1 Å². The number of anilines is 1. The molecule has 0 radical (unpaired) electrons. The Bertz CT molecular complexity index is 672. The van der Waals surface area contributed by atoms with E-state index in [0.29, 0.717) is 27.7 Å². The molecule has 1 aromatic heterocycles. The van der Waals surface area contributed by atoms with Crippen LogP contribution >= 0.6 is 22.9 Å². The highest BCUT2D eigenvalue weighted by molar-refractivity contribution is 7.13. The zero-order chi connectivity index (χ0) is 14.1. The number of thiazole rings is 1. The Labute approximate surface area is 123 Å². The van der Waals surface area contributed by atoms with Crippen LogP contribution in [0.15, 0.2) is 29.8 Å². The summed E-state index contributed by atoms with van der Waals surface area (Å²) in [5.74, 6) is -0.902. The second-order valence-electron chi connectivity index (χ2n) is 4.23. The number of hydrogen-bond acceptors (Lipinski definition) is 5. The van der Waals surface area contributed by atoms with Crippen LogP contribution in [0.4, 0.5) is 5.13 Å². The fourth-order valence-electron chi connectivity index (χ4n) is 1.98. The molecule has 1 aromatic carbocycles. The molecule has 7 heteroatoms. The molecule has 1 aliphatic heterocycles. The number of halogens is 1. The maximum absolute atomic E-state index is 12.1. The van der Waals surface area contributed by atoms with E-state index >= 15 is 0 Å². The molecule has 20 heavy (non-hydrogen) atoms. The summed E-state index contributed by atoms with van der Waals surface area (Å²) in [6.07, 6.45) is 1.03. The molecule has 0 spiro atoms. The SMILES string of the molecule is O=C1OC(C(=O)Nc2nccs2)Cc2cc(Cl)ccc21. The van der Waals surface area contributed by atoms with E-state index in [1.807, 2.05) is 0 Å². The summed E-state index contributed by atoms with van der Waals surface area (Å²) >= 11 is 7.21. The van der Waals surface area contributed by atoms with Crippen LogP contribution in [0.25, 0.3) is 0 Å². The number of benzene rings is 1. The zero-order valence-electron chi connectivity index (χ0n) is 10.1. The molecule has 5 nitrogen and oxygen atoms in total. The molecule has 1 amide bonds. The first-order valence-corrected chi connectivity index (χ1v) is 7.09. The summed E-state index contributed by atoms with van der Waals surface area (Å²) in [7, 11) is 0. The van der Waals surface area contributed by atoms with E-state index in [1.165, 1.54) is 11.3 Å². The minimum Gasteiger partial charge on any atom is -0.448 e. The highest BCUT2D eigenvalue weighted by Gasteiger charge is 2.31. The van der Waals surface area contributed by atoms with Gasteiger partial charge in [-0.2, -0.15) is 0 Å². The van der Waals surface area contributed by atoms with Crippen LogP contribution in [-0.2, 0) is 16.0 Å². The van der Waals surface area contributed by atoms with Crippen molar-refractivity contribution in [1.29, 1.82) is 0 Å². The molecule has 1 aliphatic rings. The minimum absolute atomic E-state index is 0.304. The van der Waals surface area contributed by atoms with Crippen LogP contribution in [-0.4, -0.2) is 23.0 Å². The number of carbonyl (C=O) groups excluding carboxylic acids is 2. The van der Waals surface area contributed by atoms with Crippen molar-refractivity contribution in [2.24, 2.45) is 0 Å². The lowest BCUT2D eigenvalue weighted by molar-refractivity contribution is -0.125. The number of cyclic esters (lactones) is 1. The van der Waals surface area contributed by atoms with Crippen molar-refractivity contribution in [3.05, 3.63) is 45.9 Å². The minimum atomic E-state index is -0.864. The van der Waals surface area contributed by atoms with Crippen molar-refractivity contribution in [2.45, 2.75) is 12.5 Å². The number of carbonyl (C=O) groups is 2. The first-order valence-electron chi connectivity index (χ1n) is 5.83. The van der Waals surface area contributed by atoms with E-state index in [9.17, 15) is 9.59 Å². The van der Waals surface area contributed by atoms with Crippen LogP contribution in [0.1, 0.15) is 15.9 Å². The lowest BCUT2D eigenvalue weighted by Crippen LogP contribution is -2.37. The van der Waals surface area contributed by atoms with Gasteiger partial charge in [-0.05, 0) is 23.8 Å². The van der Waals surface area contributed by atoms with Gasteiger partial charge in [-0.3, -0.25) is 10.1 Å². The Kier molecular flexibility index (Phi) is 3.42. The Morgan fingerprint density at radius 1 is 1.50 bits per heavy atom. The Morgan fingerprint density at radius 2 is 2.35 bits per heavy atom. The number of esters is 1. The average Bonchev–Trinajstić information content (AvgIpc) is 2.90. The van der Waals surface area contributed by atoms with Crippen molar-refractivity contribution in [1.82, 2.24) is 4.98 Å². The lowest BCUT2D eigenvalue weighted by Gasteiger charge is -2.23. The number of rotatable bonds is 2. The van der Waals surface area contributed by atoms with Gasteiger partial charge in [-0.1, -0.05) is 11.6 Å². The maximum Gasteiger partial charge on any atom is 0.339 e. The van der Waals surface area contributed by atoms with Gasteiger partial charge in [0.15, 0.2) is 11.2 Å². The monoisotopic (exact) mass is 308 g/mol. The number of nitrogens with one attached hydrogen (secondary N) is 1. The van der Waals surface area contributed by atoms with Crippen LogP contribution in [0, 0.1) is 0 Å². The highest BCUT2D eigenvalue weighted by atomic mass is 35.5. The predicted octanol–water partition coefficient (Wildman–Crippen LogP) is 2.52. The molecule has 1 atom stereocenters. The van der Waals surface area contributed by atoms with Gasteiger partial charge in [0.1, 0.15) is 0 Å². The number of amides is 1. The maximum atomic E-state index is 12.1. The van der Waals surface area contributed by atoms with Crippen molar-refractivity contribution in [2.75, 3.05) is 5.32 Å². The Balaban J connectivity index is 1.80. The number of ether oxygens (including phenoxy) is 1.